The topological polar surface area (TPSA) is 38.7 Å². The fourth-order valence-corrected chi connectivity index (χ4v) is 9.45. The van der Waals surface area contributed by atoms with Gasteiger partial charge < -0.3 is 14.6 Å². The molecule has 3 aromatic rings. The molecule has 4 heteroatoms. The van der Waals surface area contributed by atoms with Gasteiger partial charge in [-0.15, -0.1) is 0 Å². The Kier molecular flexibility index (Phi) is 7.48. The molecule has 2 atom stereocenters. The second-order valence-electron chi connectivity index (χ2n) is 9.13. The number of hydrogen-bond donors (Lipinski definition) is 1. The van der Waals surface area contributed by atoms with Crippen LogP contribution in [0.5, 0.6) is 0 Å². The highest BCUT2D eigenvalue weighted by molar-refractivity contribution is 7.02. The molecule has 2 unspecified atom stereocenters. The number of aryl methyl sites for hydroxylation is 1. The van der Waals surface area contributed by atoms with Crippen LogP contribution < -0.4 is 10.4 Å². The zero-order valence-electron chi connectivity index (χ0n) is 19.6. The molecular formula is C29H34O3Si. The molecule has 1 aliphatic rings. The minimum atomic E-state index is -2.22. The lowest BCUT2D eigenvalue weighted by molar-refractivity contribution is -0.186. The largest absolute Gasteiger partial charge is 0.467 e. The van der Waals surface area contributed by atoms with Gasteiger partial charge in [-0.25, -0.2) is 0 Å². The highest BCUT2D eigenvalue weighted by Gasteiger charge is 2.52. The first-order chi connectivity index (χ1) is 16.0. The van der Waals surface area contributed by atoms with E-state index in [0.29, 0.717) is 0 Å². The summed E-state index contributed by atoms with van der Waals surface area (Å²) in [6.45, 7) is 4.73. The van der Waals surface area contributed by atoms with Gasteiger partial charge in [0.15, 0.2) is 0 Å². The monoisotopic (exact) mass is 458 g/mol. The van der Waals surface area contributed by atoms with Gasteiger partial charge in [-0.3, -0.25) is 0 Å². The standard InChI is InChI=1S/C29H34O3Si/c1-29(31-22-21-30)23-28(27(32-29)20-12-15-24-13-6-3-7-14-24)33(2,25-16-8-4-9-17-25)26-18-10-5-11-19-26/h3-11,13-14,16-20,28,30H,12,15,21-23H2,1-2H3/b27-20-. The van der Waals surface area contributed by atoms with Crippen molar-refractivity contribution in [1.82, 2.24) is 0 Å². The van der Waals surface area contributed by atoms with E-state index >= 15 is 0 Å². The highest BCUT2D eigenvalue weighted by Crippen LogP contribution is 2.47. The van der Waals surface area contributed by atoms with Crippen molar-refractivity contribution in [3.8, 4) is 0 Å². The third kappa shape index (κ3) is 5.30. The molecule has 0 bridgehead atoms. The summed E-state index contributed by atoms with van der Waals surface area (Å²) in [5.74, 6) is 0.303. The highest BCUT2D eigenvalue weighted by atomic mass is 28.3. The fraction of sp³-hybridized carbons (Fsp3) is 0.310. The molecule has 0 radical (unpaired) electrons. The first-order valence-corrected chi connectivity index (χ1v) is 14.4. The van der Waals surface area contributed by atoms with Crippen molar-refractivity contribution in [2.75, 3.05) is 13.2 Å². The van der Waals surface area contributed by atoms with Crippen LogP contribution in [0.25, 0.3) is 0 Å². The predicted octanol–water partition coefficient (Wildman–Crippen LogP) is 4.91. The van der Waals surface area contributed by atoms with Crippen LogP contribution in [0.3, 0.4) is 0 Å². The molecule has 3 nitrogen and oxygen atoms in total. The number of aliphatic hydroxyl groups excluding tert-OH is 1. The van der Waals surface area contributed by atoms with E-state index in [-0.39, 0.29) is 18.8 Å². The summed E-state index contributed by atoms with van der Waals surface area (Å²) in [6, 6.07) is 32.4. The molecule has 0 aliphatic carbocycles. The second kappa shape index (κ2) is 10.5. The van der Waals surface area contributed by atoms with Gasteiger partial charge in [0, 0.05) is 18.9 Å². The van der Waals surface area contributed by atoms with Crippen LogP contribution in [0.2, 0.25) is 12.1 Å². The number of benzene rings is 3. The lowest BCUT2D eigenvalue weighted by Gasteiger charge is -2.34. The van der Waals surface area contributed by atoms with E-state index in [4.69, 9.17) is 9.47 Å². The SMILES string of the molecule is CC1(OCCO)CC([Si](C)(c2ccccc2)c2ccccc2)/C(=C/CCc2ccccc2)O1. The minimum absolute atomic E-state index is 0.0112. The Balaban J connectivity index is 1.72. The maximum Gasteiger partial charge on any atom is 0.207 e. The molecule has 1 N–H and O–H groups in total. The van der Waals surface area contributed by atoms with Crippen molar-refractivity contribution in [1.29, 1.82) is 0 Å². The van der Waals surface area contributed by atoms with Gasteiger partial charge in [0.25, 0.3) is 0 Å². The number of hydrogen-bond acceptors (Lipinski definition) is 3. The summed E-state index contributed by atoms with van der Waals surface area (Å²) in [7, 11) is -2.22. The Labute approximate surface area is 198 Å². The molecule has 0 aromatic heterocycles. The number of ether oxygens (including phenoxy) is 2. The van der Waals surface area contributed by atoms with Crippen LogP contribution in [0.4, 0.5) is 0 Å². The lowest BCUT2D eigenvalue weighted by Crippen LogP contribution is -2.59. The average molecular weight is 459 g/mol. The smallest absolute Gasteiger partial charge is 0.207 e. The van der Waals surface area contributed by atoms with Crippen molar-refractivity contribution >= 4 is 18.4 Å². The first-order valence-electron chi connectivity index (χ1n) is 11.8. The van der Waals surface area contributed by atoms with Gasteiger partial charge in [-0.05, 0) is 24.5 Å². The van der Waals surface area contributed by atoms with E-state index < -0.39 is 13.9 Å². The molecule has 0 spiro atoms. The molecule has 172 valence electrons. The van der Waals surface area contributed by atoms with E-state index in [1.54, 1.807) is 0 Å². The maximum atomic E-state index is 9.37. The fourth-order valence-electron chi connectivity index (χ4n) is 5.02. The van der Waals surface area contributed by atoms with Gasteiger partial charge in [-0.2, -0.15) is 0 Å². The van der Waals surface area contributed by atoms with Crippen molar-refractivity contribution in [2.24, 2.45) is 0 Å². The van der Waals surface area contributed by atoms with Gasteiger partial charge in [-0.1, -0.05) is 108 Å². The van der Waals surface area contributed by atoms with Crippen LogP contribution in [-0.4, -0.2) is 32.2 Å². The Morgan fingerprint density at radius 1 is 0.939 bits per heavy atom. The predicted molar refractivity (Wildman–Crippen MR) is 138 cm³/mol. The maximum absolute atomic E-state index is 9.37. The quantitative estimate of drug-likeness (QED) is 0.463. The zero-order chi connectivity index (χ0) is 23.2. The zero-order valence-corrected chi connectivity index (χ0v) is 20.6. The van der Waals surface area contributed by atoms with Crippen molar-refractivity contribution in [3.05, 3.63) is 108 Å². The summed E-state index contributed by atoms with van der Waals surface area (Å²) in [5, 5.41) is 12.2. The Morgan fingerprint density at radius 2 is 1.48 bits per heavy atom. The van der Waals surface area contributed by atoms with Crippen LogP contribution >= 0.6 is 0 Å². The molecule has 0 saturated carbocycles. The number of rotatable bonds is 9. The Bertz CT molecular complexity index is 997. The van der Waals surface area contributed by atoms with E-state index in [2.05, 4.69) is 104 Å². The van der Waals surface area contributed by atoms with Gasteiger partial charge in [0.1, 0.15) is 8.07 Å². The number of aliphatic hydroxyl groups is 1. The molecule has 33 heavy (non-hydrogen) atoms. The van der Waals surface area contributed by atoms with Crippen LogP contribution in [0, 0.1) is 0 Å². The molecule has 1 aliphatic heterocycles. The van der Waals surface area contributed by atoms with Crippen LogP contribution in [0.15, 0.2) is 103 Å². The van der Waals surface area contributed by atoms with E-state index in [1.165, 1.54) is 15.9 Å². The summed E-state index contributed by atoms with van der Waals surface area (Å²) in [6.07, 6.45) is 4.95. The van der Waals surface area contributed by atoms with E-state index in [0.717, 1.165) is 25.0 Å². The Hall–Kier alpha value is -2.66. The minimum Gasteiger partial charge on any atom is -0.467 e. The lowest BCUT2D eigenvalue weighted by atomic mass is 10.1. The summed E-state index contributed by atoms with van der Waals surface area (Å²) in [4.78, 5) is 0. The molecular weight excluding hydrogens is 424 g/mol. The van der Waals surface area contributed by atoms with Crippen molar-refractivity contribution in [2.45, 2.75) is 44.1 Å². The molecule has 3 aromatic carbocycles. The molecule has 1 heterocycles. The van der Waals surface area contributed by atoms with Gasteiger partial charge in [0.05, 0.1) is 19.0 Å². The normalized spacial score (nSPS) is 21.8. The second-order valence-corrected chi connectivity index (χ2v) is 13.4. The average Bonchev–Trinajstić information content (AvgIpc) is 3.21. The number of allylic oxidation sites excluding steroid dienone is 2. The van der Waals surface area contributed by atoms with Crippen LogP contribution in [0.1, 0.15) is 25.3 Å². The van der Waals surface area contributed by atoms with Gasteiger partial charge in [0.2, 0.25) is 5.79 Å². The van der Waals surface area contributed by atoms with Crippen molar-refractivity contribution in [3.63, 3.8) is 0 Å². The molecule has 1 saturated heterocycles. The van der Waals surface area contributed by atoms with Crippen molar-refractivity contribution < 1.29 is 14.6 Å². The molecule has 0 amide bonds. The van der Waals surface area contributed by atoms with E-state index in [9.17, 15) is 5.11 Å². The molecule has 4 rings (SSSR count). The summed E-state index contributed by atoms with van der Waals surface area (Å²) >= 11 is 0. The summed E-state index contributed by atoms with van der Waals surface area (Å²) in [5.41, 5.74) is 1.57. The van der Waals surface area contributed by atoms with Gasteiger partial charge >= 0.3 is 0 Å². The third-order valence-corrected chi connectivity index (χ3v) is 11.8. The van der Waals surface area contributed by atoms with E-state index in [1.807, 2.05) is 6.92 Å². The van der Waals surface area contributed by atoms with Crippen LogP contribution in [-0.2, 0) is 15.9 Å². The first kappa shape index (κ1) is 23.5. The summed E-state index contributed by atoms with van der Waals surface area (Å²) < 4.78 is 12.6. The molecule has 1 fully saturated rings. The third-order valence-electron chi connectivity index (χ3n) is 6.82. The Morgan fingerprint density at radius 3 is 2.03 bits per heavy atom.